The number of nitrogens with zero attached hydrogens (tertiary/aromatic N) is 1. The SMILES string of the molecule is C=CCNC(=O)c1cccc(C(=O)NCc2ccncc2)c1. The minimum Gasteiger partial charge on any atom is -0.349 e. The monoisotopic (exact) mass is 295 g/mol. The maximum atomic E-state index is 12.1. The zero-order valence-corrected chi connectivity index (χ0v) is 12.1. The van der Waals surface area contributed by atoms with Crippen molar-refractivity contribution in [2.75, 3.05) is 6.54 Å². The van der Waals surface area contributed by atoms with Crippen LogP contribution in [0.25, 0.3) is 0 Å². The Hall–Kier alpha value is -2.95. The van der Waals surface area contributed by atoms with Crippen LogP contribution in [-0.2, 0) is 6.54 Å². The van der Waals surface area contributed by atoms with E-state index in [1.807, 2.05) is 12.1 Å². The molecule has 0 bridgehead atoms. The number of hydrogen-bond acceptors (Lipinski definition) is 3. The van der Waals surface area contributed by atoms with Crippen molar-refractivity contribution in [1.82, 2.24) is 15.6 Å². The predicted molar refractivity (Wildman–Crippen MR) is 84.4 cm³/mol. The fourth-order valence-corrected chi connectivity index (χ4v) is 1.85. The molecule has 0 unspecified atom stereocenters. The van der Waals surface area contributed by atoms with Crippen LogP contribution in [0.3, 0.4) is 0 Å². The van der Waals surface area contributed by atoms with Crippen LogP contribution in [0.4, 0.5) is 0 Å². The largest absolute Gasteiger partial charge is 0.349 e. The molecule has 1 aromatic heterocycles. The lowest BCUT2D eigenvalue weighted by Gasteiger charge is -2.07. The van der Waals surface area contributed by atoms with Crippen molar-refractivity contribution in [3.8, 4) is 0 Å². The summed E-state index contributed by atoms with van der Waals surface area (Å²) in [5.74, 6) is -0.459. The van der Waals surface area contributed by atoms with Gasteiger partial charge in [0.25, 0.3) is 11.8 Å². The van der Waals surface area contributed by atoms with Gasteiger partial charge in [0.15, 0.2) is 0 Å². The predicted octanol–water partition coefficient (Wildman–Crippen LogP) is 1.93. The summed E-state index contributed by atoms with van der Waals surface area (Å²) in [6, 6.07) is 10.3. The van der Waals surface area contributed by atoms with E-state index in [2.05, 4.69) is 22.2 Å². The summed E-state index contributed by atoms with van der Waals surface area (Å²) in [5.41, 5.74) is 1.85. The lowest BCUT2D eigenvalue weighted by Crippen LogP contribution is -2.25. The van der Waals surface area contributed by atoms with Gasteiger partial charge in [-0.3, -0.25) is 14.6 Å². The van der Waals surface area contributed by atoms with Crippen molar-refractivity contribution in [1.29, 1.82) is 0 Å². The van der Waals surface area contributed by atoms with Crippen molar-refractivity contribution in [3.63, 3.8) is 0 Å². The molecule has 0 saturated heterocycles. The highest BCUT2D eigenvalue weighted by atomic mass is 16.2. The van der Waals surface area contributed by atoms with Gasteiger partial charge in [0.05, 0.1) is 0 Å². The van der Waals surface area contributed by atoms with E-state index in [9.17, 15) is 9.59 Å². The van der Waals surface area contributed by atoms with Gasteiger partial charge >= 0.3 is 0 Å². The molecular formula is C17H17N3O2. The van der Waals surface area contributed by atoms with Gasteiger partial charge in [-0.05, 0) is 35.9 Å². The standard InChI is InChI=1S/C17H17N3O2/c1-2-8-19-16(21)14-4-3-5-15(11-14)17(22)20-12-13-6-9-18-10-7-13/h2-7,9-11H,1,8,12H2,(H,19,21)(H,20,22). The Morgan fingerprint density at radius 3 is 2.32 bits per heavy atom. The van der Waals surface area contributed by atoms with Gasteiger partial charge in [-0.1, -0.05) is 12.1 Å². The number of hydrogen-bond donors (Lipinski definition) is 2. The van der Waals surface area contributed by atoms with Gasteiger partial charge < -0.3 is 10.6 Å². The van der Waals surface area contributed by atoms with Gasteiger partial charge in [0.1, 0.15) is 0 Å². The fraction of sp³-hybridized carbons (Fsp3) is 0.118. The molecule has 0 aliphatic heterocycles. The molecule has 0 aliphatic rings. The first-order valence-electron chi connectivity index (χ1n) is 6.87. The quantitative estimate of drug-likeness (QED) is 0.800. The number of benzene rings is 1. The van der Waals surface area contributed by atoms with Gasteiger partial charge in [-0.25, -0.2) is 0 Å². The van der Waals surface area contributed by atoms with Gasteiger partial charge in [-0.15, -0.1) is 6.58 Å². The van der Waals surface area contributed by atoms with Crippen LogP contribution in [0.15, 0.2) is 61.4 Å². The molecule has 1 aromatic carbocycles. The van der Waals surface area contributed by atoms with Crippen molar-refractivity contribution in [2.24, 2.45) is 0 Å². The molecule has 0 saturated carbocycles. The van der Waals surface area contributed by atoms with E-state index in [1.165, 1.54) is 0 Å². The Kier molecular flexibility index (Phi) is 5.43. The fourth-order valence-electron chi connectivity index (χ4n) is 1.85. The molecular weight excluding hydrogens is 278 g/mol. The topological polar surface area (TPSA) is 71.1 Å². The summed E-state index contributed by atoms with van der Waals surface area (Å²) in [6.07, 6.45) is 4.95. The van der Waals surface area contributed by atoms with E-state index in [1.54, 1.807) is 42.7 Å². The van der Waals surface area contributed by atoms with Gasteiger partial charge in [0.2, 0.25) is 0 Å². The van der Waals surface area contributed by atoms with E-state index in [4.69, 9.17) is 0 Å². The Balaban J connectivity index is 2.00. The molecule has 0 radical (unpaired) electrons. The first kappa shape index (κ1) is 15.4. The lowest BCUT2D eigenvalue weighted by atomic mass is 10.1. The summed E-state index contributed by atoms with van der Waals surface area (Å²) in [5, 5.41) is 5.49. The molecule has 5 nitrogen and oxygen atoms in total. The maximum absolute atomic E-state index is 12.1. The number of pyridine rings is 1. The average Bonchev–Trinajstić information content (AvgIpc) is 2.58. The molecule has 2 rings (SSSR count). The first-order valence-corrected chi connectivity index (χ1v) is 6.87. The van der Waals surface area contributed by atoms with E-state index in [0.29, 0.717) is 24.2 Å². The second-order valence-electron chi connectivity index (χ2n) is 4.62. The van der Waals surface area contributed by atoms with Gasteiger partial charge in [-0.2, -0.15) is 0 Å². The van der Waals surface area contributed by atoms with Crippen molar-refractivity contribution in [3.05, 3.63) is 78.1 Å². The third-order valence-electron chi connectivity index (χ3n) is 3.00. The molecule has 0 spiro atoms. The number of amides is 2. The number of rotatable bonds is 6. The lowest BCUT2D eigenvalue weighted by molar-refractivity contribution is 0.0951. The van der Waals surface area contributed by atoms with Crippen LogP contribution in [-0.4, -0.2) is 23.3 Å². The maximum Gasteiger partial charge on any atom is 0.251 e. The average molecular weight is 295 g/mol. The number of nitrogens with one attached hydrogen (secondary N) is 2. The Morgan fingerprint density at radius 2 is 1.68 bits per heavy atom. The normalized spacial score (nSPS) is 9.82. The van der Waals surface area contributed by atoms with Crippen LogP contribution in [0, 0.1) is 0 Å². The minimum atomic E-state index is -0.233. The molecule has 1 heterocycles. The van der Waals surface area contributed by atoms with Gasteiger partial charge in [0, 0.05) is 36.6 Å². The minimum absolute atomic E-state index is 0.227. The molecule has 0 aliphatic carbocycles. The van der Waals surface area contributed by atoms with Crippen LogP contribution in [0.2, 0.25) is 0 Å². The summed E-state index contributed by atoms with van der Waals surface area (Å²) in [6.45, 7) is 4.34. The molecule has 22 heavy (non-hydrogen) atoms. The van der Waals surface area contributed by atoms with Crippen LogP contribution >= 0.6 is 0 Å². The molecule has 2 amide bonds. The molecule has 0 fully saturated rings. The third-order valence-corrected chi connectivity index (χ3v) is 3.00. The van der Waals surface area contributed by atoms with E-state index >= 15 is 0 Å². The zero-order chi connectivity index (χ0) is 15.8. The second-order valence-corrected chi connectivity index (χ2v) is 4.62. The van der Waals surface area contributed by atoms with Crippen LogP contribution in [0.1, 0.15) is 26.3 Å². The Bertz CT molecular complexity index is 669. The van der Waals surface area contributed by atoms with E-state index < -0.39 is 0 Å². The second kappa shape index (κ2) is 7.73. The van der Waals surface area contributed by atoms with Crippen molar-refractivity contribution < 1.29 is 9.59 Å². The third kappa shape index (κ3) is 4.28. The highest BCUT2D eigenvalue weighted by molar-refractivity contribution is 5.99. The van der Waals surface area contributed by atoms with Crippen LogP contribution < -0.4 is 10.6 Å². The molecule has 5 heteroatoms. The molecule has 2 N–H and O–H groups in total. The number of carbonyl (C=O) groups is 2. The molecule has 112 valence electrons. The summed E-state index contributed by atoms with van der Waals surface area (Å²) in [7, 11) is 0. The Labute approximate surface area is 129 Å². The first-order chi connectivity index (χ1) is 10.7. The molecule has 0 atom stereocenters. The number of aromatic nitrogens is 1. The van der Waals surface area contributed by atoms with E-state index in [-0.39, 0.29) is 11.8 Å². The highest BCUT2D eigenvalue weighted by Crippen LogP contribution is 2.06. The summed E-state index contributed by atoms with van der Waals surface area (Å²) >= 11 is 0. The Morgan fingerprint density at radius 1 is 1.05 bits per heavy atom. The zero-order valence-electron chi connectivity index (χ0n) is 12.1. The molecule has 2 aromatic rings. The van der Waals surface area contributed by atoms with E-state index in [0.717, 1.165) is 5.56 Å². The highest BCUT2D eigenvalue weighted by Gasteiger charge is 2.09. The van der Waals surface area contributed by atoms with Crippen LogP contribution in [0.5, 0.6) is 0 Å². The van der Waals surface area contributed by atoms with Crippen molar-refractivity contribution >= 4 is 11.8 Å². The number of carbonyl (C=O) groups excluding carboxylic acids is 2. The van der Waals surface area contributed by atoms with Crippen molar-refractivity contribution in [2.45, 2.75) is 6.54 Å². The smallest absolute Gasteiger partial charge is 0.251 e. The summed E-state index contributed by atoms with van der Waals surface area (Å²) in [4.78, 5) is 27.9. The summed E-state index contributed by atoms with van der Waals surface area (Å²) < 4.78 is 0.